The normalized spacial score (nSPS) is 11.9. The van der Waals surface area contributed by atoms with E-state index in [1.54, 1.807) is 10.7 Å². The van der Waals surface area contributed by atoms with Crippen LogP contribution in [0.25, 0.3) is 16.9 Å². The predicted molar refractivity (Wildman–Crippen MR) is 152 cm³/mol. The average Bonchev–Trinajstić information content (AvgIpc) is 3.31. The van der Waals surface area contributed by atoms with Crippen molar-refractivity contribution in [2.75, 3.05) is 5.32 Å². The molecule has 0 saturated carbocycles. The molecule has 3 aromatic carbocycles. The lowest BCUT2D eigenvalue weighted by Gasteiger charge is -2.13. The minimum atomic E-state index is -0.195. The summed E-state index contributed by atoms with van der Waals surface area (Å²) in [5, 5.41) is 11.6. The molecular formula is C29H25BrClN5O. The van der Waals surface area contributed by atoms with Crippen LogP contribution in [0.5, 0.6) is 0 Å². The molecule has 2 aromatic heterocycles. The van der Waals surface area contributed by atoms with Gasteiger partial charge in [-0.3, -0.25) is 4.79 Å². The first-order chi connectivity index (χ1) is 18.0. The summed E-state index contributed by atoms with van der Waals surface area (Å²) in [6, 6.07) is 27.6. The lowest BCUT2D eigenvalue weighted by Crippen LogP contribution is -2.27. The van der Waals surface area contributed by atoms with Crippen molar-refractivity contribution in [2.45, 2.75) is 25.9 Å². The zero-order chi connectivity index (χ0) is 25.8. The summed E-state index contributed by atoms with van der Waals surface area (Å²) >= 11 is 9.98. The van der Waals surface area contributed by atoms with Gasteiger partial charge >= 0.3 is 0 Å². The minimum absolute atomic E-state index is 0.0124. The van der Waals surface area contributed by atoms with Gasteiger partial charge in [-0.15, -0.1) is 0 Å². The largest absolute Gasteiger partial charge is 0.366 e. The number of rotatable bonds is 8. The molecule has 1 atom stereocenters. The molecule has 186 valence electrons. The van der Waals surface area contributed by atoms with Crippen molar-refractivity contribution in [1.82, 2.24) is 19.9 Å². The second kappa shape index (κ2) is 11.2. The van der Waals surface area contributed by atoms with Gasteiger partial charge in [0.05, 0.1) is 22.3 Å². The molecule has 5 rings (SSSR count). The first-order valence-corrected chi connectivity index (χ1v) is 13.1. The number of hydrogen-bond acceptors (Lipinski definition) is 4. The molecule has 5 aromatic rings. The maximum Gasteiger partial charge on any atom is 0.227 e. The van der Waals surface area contributed by atoms with E-state index >= 15 is 0 Å². The molecule has 0 saturated heterocycles. The highest BCUT2D eigenvalue weighted by Gasteiger charge is 2.15. The predicted octanol–water partition coefficient (Wildman–Crippen LogP) is 6.84. The maximum absolute atomic E-state index is 12.6. The van der Waals surface area contributed by atoms with Crippen LogP contribution < -0.4 is 10.6 Å². The summed E-state index contributed by atoms with van der Waals surface area (Å²) in [5.74, 6) is 0.620. The van der Waals surface area contributed by atoms with E-state index in [0.29, 0.717) is 23.8 Å². The van der Waals surface area contributed by atoms with Crippen LogP contribution in [0.1, 0.15) is 29.5 Å². The molecule has 0 aliphatic heterocycles. The molecule has 1 amide bonds. The SMILES string of the molecule is CC(C(=O)NCc1ccc(CNc2cc(-c3ccccc3Cl)nc3c(Br)cnn23)cc1)c1ccccc1. The van der Waals surface area contributed by atoms with Crippen molar-refractivity contribution in [1.29, 1.82) is 0 Å². The Morgan fingerprint density at radius 1 is 0.973 bits per heavy atom. The number of anilines is 1. The van der Waals surface area contributed by atoms with Crippen LogP contribution in [0.4, 0.5) is 5.82 Å². The van der Waals surface area contributed by atoms with Gasteiger partial charge in [0.2, 0.25) is 5.91 Å². The number of hydrogen-bond donors (Lipinski definition) is 2. The van der Waals surface area contributed by atoms with Crippen molar-refractivity contribution < 1.29 is 4.79 Å². The molecule has 0 radical (unpaired) electrons. The molecule has 1 unspecified atom stereocenters. The Hall–Kier alpha value is -3.68. The fourth-order valence-corrected chi connectivity index (χ4v) is 4.65. The second-order valence-corrected chi connectivity index (χ2v) is 10.0. The van der Waals surface area contributed by atoms with Crippen LogP contribution in [0.15, 0.2) is 95.6 Å². The number of amides is 1. The van der Waals surface area contributed by atoms with Gasteiger partial charge < -0.3 is 10.6 Å². The van der Waals surface area contributed by atoms with Gasteiger partial charge in [-0.05, 0) is 45.6 Å². The molecule has 37 heavy (non-hydrogen) atoms. The lowest BCUT2D eigenvalue weighted by atomic mass is 10.0. The zero-order valence-electron chi connectivity index (χ0n) is 20.2. The van der Waals surface area contributed by atoms with Crippen LogP contribution in [-0.2, 0) is 17.9 Å². The lowest BCUT2D eigenvalue weighted by molar-refractivity contribution is -0.122. The van der Waals surface area contributed by atoms with Gasteiger partial charge in [-0.1, -0.05) is 84.4 Å². The Morgan fingerprint density at radius 2 is 1.65 bits per heavy atom. The number of nitrogens with zero attached hydrogens (tertiary/aromatic N) is 3. The number of benzene rings is 3. The number of nitrogens with one attached hydrogen (secondary N) is 2. The first-order valence-electron chi connectivity index (χ1n) is 11.9. The third kappa shape index (κ3) is 5.68. The summed E-state index contributed by atoms with van der Waals surface area (Å²) in [6.07, 6.45) is 1.73. The zero-order valence-corrected chi connectivity index (χ0v) is 22.5. The Morgan fingerprint density at radius 3 is 2.38 bits per heavy atom. The first kappa shape index (κ1) is 25.0. The van der Waals surface area contributed by atoms with E-state index < -0.39 is 0 Å². The van der Waals surface area contributed by atoms with Crippen molar-refractivity contribution in [3.63, 3.8) is 0 Å². The van der Waals surface area contributed by atoms with Gasteiger partial charge in [-0.25, -0.2) is 4.98 Å². The third-order valence-electron chi connectivity index (χ3n) is 6.23. The van der Waals surface area contributed by atoms with Gasteiger partial charge in [-0.2, -0.15) is 9.61 Å². The maximum atomic E-state index is 12.6. The molecule has 0 aliphatic rings. The van der Waals surface area contributed by atoms with E-state index in [1.807, 2.05) is 79.7 Å². The van der Waals surface area contributed by atoms with Crippen LogP contribution in [-0.4, -0.2) is 20.5 Å². The van der Waals surface area contributed by atoms with E-state index in [1.165, 1.54) is 0 Å². The molecule has 0 fully saturated rings. The highest BCUT2D eigenvalue weighted by Crippen LogP contribution is 2.30. The summed E-state index contributed by atoms with van der Waals surface area (Å²) in [5.41, 5.74) is 5.47. The number of carbonyl (C=O) groups is 1. The standard InChI is InChI=1S/C29H25BrClN5O/c1-19(22-7-3-2-4-8-22)29(37)33-17-21-13-11-20(12-14-21)16-32-27-15-26(23-9-5-6-10-25(23)31)35-28-24(30)18-34-36(27)28/h2-15,18-19,32H,16-17H2,1H3,(H,33,37). The number of carbonyl (C=O) groups excluding carboxylic acids is 1. The molecule has 0 spiro atoms. The molecule has 0 aliphatic carbocycles. The van der Waals surface area contributed by atoms with Gasteiger partial charge in [0.1, 0.15) is 5.82 Å². The van der Waals surface area contributed by atoms with Crippen LogP contribution in [0.2, 0.25) is 5.02 Å². The monoisotopic (exact) mass is 573 g/mol. The van der Waals surface area contributed by atoms with E-state index in [2.05, 4.69) is 43.8 Å². The van der Waals surface area contributed by atoms with Crippen molar-refractivity contribution in [2.24, 2.45) is 0 Å². The Labute approximate surface area is 228 Å². The molecule has 2 N–H and O–H groups in total. The average molecular weight is 575 g/mol. The Kier molecular flexibility index (Phi) is 7.53. The molecular weight excluding hydrogens is 550 g/mol. The third-order valence-corrected chi connectivity index (χ3v) is 7.12. The smallest absolute Gasteiger partial charge is 0.227 e. The van der Waals surface area contributed by atoms with E-state index in [9.17, 15) is 4.79 Å². The second-order valence-electron chi connectivity index (χ2n) is 8.75. The van der Waals surface area contributed by atoms with Gasteiger partial charge in [0.25, 0.3) is 0 Å². The number of fused-ring (bicyclic) bond motifs is 1. The Balaban J connectivity index is 1.26. The fraction of sp³-hybridized carbons (Fsp3) is 0.138. The van der Waals surface area contributed by atoms with Crippen molar-refractivity contribution in [3.05, 3.63) is 117 Å². The molecule has 8 heteroatoms. The van der Waals surface area contributed by atoms with E-state index in [4.69, 9.17) is 16.6 Å². The van der Waals surface area contributed by atoms with Crippen LogP contribution in [0.3, 0.4) is 0 Å². The molecule has 6 nitrogen and oxygen atoms in total. The van der Waals surface area contributed by atoms with E-state index in [-0.39, 0.29) is 11.8 Å². The van der Waals surface area contributed by atoms with Crippen LogP contribution >= 0.6 is 27.5 Å². The van der Waals surface area contributed by atoms with Gasteiger partial charge in [0, 0.05) is 29.7 Å². The van der Waals surface area contributed by atoms with Crippen molar-refractivity contribution >= 4 is 44.9 Å². The minimum Gasteiger partial charge on any atom is -0.366 e. The summed E-state index contributed by atoms with van der Waals surface area (Å²) in [7, 11) is 0. The highest BCUT2D eigenvalue weighted by atomic mass is 79.9. The summed E-state index contributed by atoms with van der Waals surface area (Å²) < 4.78 is 2.57. The number of halogens is 2. The molecule has 2 heterocycles. The van der Waals surface area contributed by atoms with Crippen molar-refractivity contribution in [3.8, 4) is 11.3 Å². The number of aromatic nitrogens is 3. The topological polar surface area (TPSA) is 71.3 Å². The highest BCUT2D eigenvalue weighted by molar-refractivity contribution is 9.10. The summed E-state index contributed by atoms with van der Waals surface area (Å²) in [4.78, 5) is 17.3. The quantitative estimate of drug-likeness (QED) is 0.213. The fourth-order valence-electron chi connectivity index (χ4n) is 4.07. The van der Waals surface area contributed by atoms with Gasteiger partial charge in [0.15, 0.2) is 5.65 Å². The van der Waals surface area contributed by atoms with E-state index in [0.717, 1.165) is 38.2 Å². The van der Waals surface area contributed by atoms with Crippen LogP contribution in [0, 0.1) is 0 Å². The Bertz CT molecular complexity index is 1540. The molecule has 0 bridgehead atoms. The summed E-state index contributed by atoms with van der Waals surface area (Å²) in [6.45, 7) is 3.00.